The van der Waals surface area contributed by atoms with Gasteiger partial charge in [0.15, 0.2) is 12.6 Å². The molecule has 0 aromatic carbocycles. The van der Waals surface area contributed by atoms with Gasteiger partial charge in [-0.25, -0.2) is 0 Å². The van der Waals surface area contributed by atoms with Crippen LogP contribution in [0.4, 0.5) is 0 Å². The number of nitrogens with one attached hydrogen (secondary N) is 1. The molecular weight excluding hydrogens is 955 g/mol. The van der Waals surface area contributed by atoms with Gasteiger partial charge in [0.05, 0.1) is 32.0 Å². The molecule has 12 unspecified atom stereocenters. The van der Waals surface area contributed by atoms with E-state index in [-0.39, 0.29) is 18.9 Å². The van der Waals surface area contributed by atoms with E-state index in [0.29, 0.717) is 12.8 Å². The quantitative estimate of drug-likeness (QED) is 0.0206. The van der Waals surface area contributed by atoms with E-state index in [2.05, 4.69) is 129 Å². The zero-order valence-corrected chi connectivity index (χ0v) is 45.5. The topological polar surface area (TPSA) is 228 Å². The van der Waals surface area contributed by atoms with Crippen LogP contribution in [0.5, 0.6) is 0 Å². The second kappa shape index (κ2) is 45.4. The summed E-state index contributed by atoms with van der Waals surface area (Å²) in [7, 11) is 0. The van der Waals surface area contributed by atoms with Crippen molar-refractivity contribution in [3.63, 3.8) is 0 Å². The molecule has 0 spiro atoms. The van der Waals surface area contributed by atoms with E-state index in [0.717, 1.165) is 77.0 Å². The molecule has 1 amide bonds. The van der Waals surface area contributed by atoms with Gasteiger partial charge < -0.3 is 65.1 Å². The van der Waals surface area contributed by atoms with Crippen LogP contribution in [0.25, 0.3) is 0 Å². The van der Waals surface area contributed by atoms with Gasteiger partial charge >= 0.3 is 0 Å². The van der Waals surface area contributed by atoms with Crippen LogP contribution >= 0.6 is 0 Å². The highest BCUT2D eigenvalue weighted by Gasteiger charge is 2.51. The summed E-state index contributed by atoms with van der Waals surface area (Å²) >= 11 is 0. The fourth-order valence-corrected chi connectivity index (χ4v) is 8.32. The number of rotatable bonds is 42. The fraction of sp³-hybridized carbons (Fsp3) is 0.656. The number of carbonyl (C=O) groups excluding carboxylic acids is 1. The summed E-state index contributed by atoms with van der Waals surface area (Å²) in [6, 6.07) is -0.963. The van der Waals surface area contributed by atoms with Gasteiger partial charge in [0, 0.05) is 6.42 Å². The average Bonchev–Trinajstić information content (AvgIpc) is 3.41. The summed E-state index contributed by atoms with van der Waals surface area (Å²) in [5.41, 5.74) is 0. The molecule has 2 heterocycles. The van der Waals surface area contributed by atoms with Gasteiger partial charge in [-0.2, -0.15) is 0 Å². The molecule has 0 aromatic heterocycles. The number of hydrogen-bond acceptors (Lipinski definition) is 13. The van der Waals surface area contributed by atoms with Crippen LogP contribution < -0.4 is 5.32 Å². The summed E-state index contributed by atoms with van der Waals surface area (Å²) in [5, 5.41) is 86.9. The highest BCUT2D eigenvalue weighted by molar-refractivity contribution is 5.76. The smallest absolute Gasteiger partial charge is 0.220 e. The predicted octanol–water partition coefficient (Wildman–Crippen LogP) is 9.05. The third-order valence-corrected chi connectivity index (χ3v) is 12.9. The number of carbonyl (C=O) groups is 1. The highest BCUT2D eigenvalue weighted by Crippen LogP contribution is 2.30. The number of allylic oxidation sites excluding steroid dienone is 19. The van der Waals surface area contributed by atoms with Crippen molar-refractivity contribution < 1.29 is 64.6 Å². The molecule has 0 radical (unpaired) electrons. The number of ether oxygens (including phenoxy) is 4. The second-order valence-corrected chi connectivity index (χ2v) is 19.3. The first-order chi connectivity index (χ1) is 36.6. The van der Waals surface area contributed by atoms with Gasteiger partial charge in [-0.1, -0.05) is 180 Å². The van der Waals surface area contributed by atoms with Crippen LogP contribution in [-0.4, -0.2) is 140 Å². The van der Waals surface area contributed by atoms with Gasteiger partial charge in [-0.15, -0.1) is 0 Å². The molecule has 0 bridgehead atoms. The Morgan fingerprint density at radius 3 is 1.47 bits per heavy atom. The lowest BCUT2D eigenvalue weighted by Gasteiger charge is -2.46. The van der Waals surface area contributed by atoms with E-state index in [1.54, 1.807) is 6.08 Å². The minimum absolute atomic E-state index is 0.209. The Labute approximate surface area is 450 Å². The van der Waals surface area contributed by atoms with Gasteiger partial charge in [-0.3, -0.25) is 4.79 Å². The van der Waals surface area contributed by atoms with Crippen LogP contribution in [0.1, 0.15) is 162 Å². The molecule has 0 aromatic rings. The van der Waals surface area contributed by atoms with Crippen LogP contribution in [-0.2, 0) is 23.7 Å². The number of amides is 1. The first-order valence-electron chi connectivity index (χ1n) is 28.3. The Bertz CT molecular complexity index is 1720. The highest BCUT2D eigenvalue weighted by atomic mass is 16.7. The molecule has 14 heteroatoms. The van der Waals surface area contributed by atoms with Crippen molar-refractivity contribution in [2.75, 3.05) is 19.8 Å². The number of aliphatic hydroxyl groups excluding tert-OH is 8. The second-order valence-electron chi connectivity index (χ2n) is 19.3. The summed E-state index contributed by atoms with van der Waals surface area (Å²) in [5.74, 6) is -0.298. The molecule has 426 valence electrons. The Kier molecular flexibility index (Phi) is 40.9. The van der Waals surface area contributed by atoms with E-state index in [1.807, 2.05) is 6.08 Å². The van der Waals surface area contributed by atoms with Gasteiger partial charge in [0.2, 0.25) is 5.91 Å². The Hall–Kier alpha value is -3.61. The molecule has 2 aliphatic heterocycles. The van der Waals surface area contributed by atoms with Crippen LogP contribution in [0.2, 0.25) is 0 Å². The number of unbranched alkanes of at least 4 members (excludes halogenated alkanes) is 11. The lowest BCUT2D eigenvalue weighted by molar-refractivity contribution is -0.359. The van der Waals surface area contributed by atoms with Crippen LogP contribution in [0.15, 0.2) is 122 Å². The Morgan fingerprint density at radius 2 is 0.933 bits per heavy atom. The lowest BCUT2D eigenvalue weighted by Crippen LogP contribution is -2.65. The summed E-state index contributed by atoms with van der Waals surface area (Å²) in [6.45, 7) is 2.59. The Morgan fingerprint density at radius 1 is 0.493 bits per heavy atom. The molecule has 14 nitrogen and oxygen atoms in total. The van der Waals surface area contributed by atoms with Crippen LogP contribution in [0, 0.1) is 0 Å². The summed E-state index contributed by atoms with van der Waals surface area (Å²) < 4.78 is 22.7. The van der Waals surface area contributed by atoms with Crippen molar-refractivity contribution in [2.24, 2.45) is 0 Å². The van der Waals surface area contributed by atoms with Crippen LogP contribution in [0.3, 0.4) is 0 Å². The molecule has 2 aliphatic rings. The molecule has 2 saturated heterocycles. The molecule has 0 saturated carbocycles. The van der Waals surface area contributed by atoms with E-state index in [1.165, 1.54) is 51.4 Å². The Balaban J connectivity index is 1.81. The predicted molar refractivity (Wildman–Crippen MR) is 299 cm³/mol. The number of hydrogen-bond donors (Lipinski definition) is 9. The monoisotopic (exact) mass is 1050 g/mol. The molecular formula is C61H99NO13. The minimum Gasteiger partial charge on any atom is -0.394 e. The number of aliphatic hydroxyl groups is 8. The van der Waals surface area contributed by atoms with Gasteiger partial charge in [-0.05, 0) is 96.3 Å². The van der Waals surface area contributed by atoms with Crippen molar-refractivity contribution in [1.82, 2.24) is 5.32 Å². The maximum Gasteiger partial charge on any atom is 0.220 e. The fourth-order valence-electron chi connectivity index (χ4n) is 8.32. The molecule has 12 atom stereocenters. The summed E-state index contributed by atoms with van der Waals surface area (Å²) in [4.78, 5) is 13.2. The maximum atomic E-state index is 13.2. The summed E-state index contributed by atoms with van der Waals surface area (Å²) in [6.07, 6.45) is 48.1. The van der Waals surface area contributed by atoms with Crippen molar-refractivity contribution in [3.05, 3.63) is 122 Å². The largest absolute Gasteiger partial charge is 0.394 e. The first-order valence-corrected chi connectivity index (χ1v) is 28.3. The molecule has 9 N–H and O–H groups in total. The average molecular weight is 1050 g/mol. The third-order valence-electron chi connectivity index (χ3n) is 12.9. The van der Waals surface area contributed by atoms with E-state index in [9.17, 15) is 45.6 Å². The standard InChI is InChI=1S/C61H99NO13/c1-3-5-7-9-11-13-15-17-19-20-21-22-23-24-25-26-27-28-29-30-31-33-35-37-39-41-43-45-53(66)62-49(50(65)44-42-40-38-36-34-32-18-16-14-12-10-8-6-4-2)48-72-60-58(71)56(69)59(52(47-64)74-60)75-61-57(70)55(68)54(67)51(46-63)73-61/h5,7,11,13,17,19,21-22,24-25,27-28,30-31,34-37,42,44,49-52,54-61,63-65,67-71H,3-4,6,8-10,12,14-16,18,20,23,26,29,32-33,38-41,43,45-48H2,1-2H3,(H,62,66)/b7-5-,13-11-,19-17-,22-21-,25-24-,28-27-,31-30-,36-34+,37-35-,44-42+. The van der Waals surface area contributed by atoms with Crippen molar-refractivity contribution in [2.45, 2.75) is 235 Å². The van der Waals surface area contributed by atoms with Gasteiger partial charge in [0.1, 0.15) is 48.8 Å². The zero-order chi connectivity index (χ0) is 54.6. The minimum atomic E-state index is -1.80. The molecule has 0 aliphatic carbocycles. The third kappa shape index (κ3) is 31.4. The lowest BCUT2D eigenvalue weighted by atomic mass is 9.97. The normalized spacial score (nSPS) is 26.0. The van der Waals surface area contributed by atoms with Crippen molar-refractivity contribution in [1.29, 1.82) is 0 Å². The van der Waals surface area contributed by atoms with E-state index >= 15 is 0 Å². The molecule has 2 rings (SSSR count). The van der Waals surface area contributed by atoms with Crippen molar-refractivity contribution in [3.8, 4) is 0 Å². The van der Waals surface area contributed by atoms with Gasteiger partial charge in [0.25, 0.3) is 0 Å². The van der Waals surface area contributed by atoms with E-state index < -0.39 is 86.8 Å². The van der Waals surface area contributed by atoms with Crippen molar-refractivity contribution >= 4 is 5.91 Å². The first kappa shape index (κ1) is 67.5. The maximum absolute atomic E-state index is 13.2. The van der Waals surface area contributed by atoms with E-state index in [4.69, 9.17) is 18.9 Å². The molecule has 75 heavy (non-hydrogen) atoms. The zero-order valence-electron chi connectivity index (χ0n) is 45.5. The SMILES string of the molecule is CC/C=C\C/C=C\C/C=C\C/C=C\C/C=C\C/C=C\C/C=C\C/C=C\CCCCC(=O)NC(COC1OC(CO)C(OC2OC(CO)C(O)C(O)C2O)C(O)C1O)C(O)/C=C/CC/C=C/CCCCCCCCCC. The molecule has 2 fully saturated rings.